The van der Waals surface area contributed by atoms with Crippen molar-refractivity contribution in [3.8, 4) is 0 Å². The van der Waals surface area contributed by atoms with Crippen LogP contribution in [-0.2, 0) is 20.7 Å². The fraction of sp³-hybridized carbons (Fsp3) is 0.474. The van der Waals surface area contributed by atoms with Crippen molar-refractivity contribution in [2.45, 2.75) is 44.9 Å². The number of imide groups is 2. The van der Waals surface area contributed by atoms with Gasteiger partial charge in [0.15, 0.2) is 16.9 Å². The first-order valence-electron chi connectivity index (χ1n) is 9.63. The van der Waals surface area contributed by atoms with E-state index in [2.05, 4.69) is 15.8 Å². The summed E-state index contributed by atoms with van der Waals surface area (Å²) < 4.78 is 52.9. The van der Waals surface area contributed by atoms with E-state index in [1.807, 2.05) is 0 Å². The summed E-state index contributed by atoms with van der Waals surface area (Å²) in [6.07, 6.45) is -4.40. The number of fused-ring (bicyclic) bond motifs is 5. The normalized spacial score (nSPS) is 27.4. The summed E-state index contributed by atoms with van der Waals surface area (Å²) in [4.78, 5) is 39.3. The third-order valence-corrected chi connectivity index (χ3v) is 6.20. The molecule has 9 nitrogen and oxygen atoms in total. The number of rotatable bonds is 1. The summed E-state index contributed by atoms with van der Waals surface area (Å²) in [5.41, 5.74) is -2.79. The van der Waals surface area contributed by atoms with Crippen molar-refractivity contribution >= 4 is 34.5 Å². The molecule has 2 saturated heterocycles. The van der Waals surface area contributed by atoms with Crippen molar-refractivity contribution in [2.24, 2.45) is 5.41 Å². The summed E-state index contributed by atoms with van der Waals surface area (Å²) in [5, 5.41) is 7.27. The Hall–Kier alpha value is -3.15. The quantitative estimate of drug-likeness (QED) is 0.653. The van der Waals surface area contributed by atoms with Gasteiger partial charge in [-0.25, -0.2) is 18.0 Å². The van der Waals surface area contributed by atoms with E-state index >= 15 is 4.39 Å². The lowest BCUT2D eigenvalue weighted by molar-refractivity contribution is -0.153. The lowest BCUT2D eigenvalue weighted by Crippen LogP contribution is -2.75. The number of morpholine rings is 1. The van der Waals surface area contributed by atoms with E-state index in [-0.39, 0.29) is 35.7 Å². The molecule has 0 aliphatic carbocycles. The molecule has 31 heavy (non-hydrogen) atoms. The number of nitrogens with zero attached hydrogens (tertiary/aromatic N) is 2. The van der Waals surface area contributed by atoms with Gasteiger partial charge in [0.25, 0.3) is 6.43 Å². The second-order valence-corrected chi connectivity index (χ2v) is 8.08. The van der Waals surface area contributed by atoms with Gasteiger partial charge in [0, 0.05) is 13.0 Å². The zero-order chi connectivity index (χ0) is 22.2. The van der Waals surface area contributed by atoms with Crippen LogP contribution in [0, 0.1) is 11.2 Å². The number of alkyl halides is 2. The number of nitrogens with one attached hydrogen (secondary N) is 2. The van der Waals surface area contributed by atoms with Crippen LogP contribution < -0.4 is 15.5 Å². The molecule has 0 bridgehead atoms. The summed E-state index contributed by atoms with van der Waals surface area (Å²) >= 11 is 0. The van der Waals surface area contributed by atoms with Gasteiger partial charge in [0.05, 0.1) is 29.3 Å². The SMILES string of the molecule is C[C@@H]1CN2c3c(cc4c(C(F)F)noc4c3F)CC3(C(=O)NC(=O)NC3=O)[C@H]2[C@H](C)O1. The van der Waals surface area contributed by atoms with E-state index in [1.54, 1.807) is 13.8 Å². The summed E-state index contributed by atoms with van der Waals surface area (Å²) in [6.45, 7) is 3.52. The summed E-state index contributed by atoms with van der Waals surface area (Å²) in [5.74, 6) is -2.61. The third kappa shape index (κ3) is 2.54. The predicted octanol–water partition coefficient (Wildman–Crippen LogP) is 1.80. The molecule has 0 unspecified atom stereocenters. The third-order valence-electron chi connectivity index (χ3n) is 6.20. The number of amides is 4. The molecule has 2 N–H and O–H groups in total. The van der Waals surface area contributed by atoms with Crippen molar-refractivity contribution in [2.75, 3.05) is 11.4 Å². The smallest absolute Gasteiger partial charge is 0.328 e. The highest BCUT2D eigenvalue weighted by atomic mass is 19.3. The molecule has 3 aliphatic rings. The lowest BCUT2D eigenvalue weighted by Gasteiger charge is -2.55. The van der Waals surface area contributed by atoms with E-state index in [0.717, 1.165) is 0 Å². The summed E-state index contributed by atoms with van der Waals surface area (Å²) in [6, 6.07) is -0.643. The Balaban J connectivity index is 1.79. The largest absolute Gasteiger partial charge is 0.372 e. The second kappa shape index (κ2) is 6.42. The van der Waals surface area contributed by atoms with Gasteiger partial charge in [-0.3, -0.25) is 20.2 Å². The van der Waals surface area contributed by atoms with Crippen LogP contribution in [-0.4, -0.2) is 47.8 Å². The zero-order valence-corrected chi connectivity index (χ0v) is 16.4. The Bertz CT molecular complexity index is 1130. The van der Waals surface area contributed by atoms with Crippen LogP contribution in [0.25, 0.3) is 11.0 Å². The fourth-order valence-corrected chi connectivity index (χ4v) is 5.12. The molecule has 4 heterocycles. The molecule has 0 saturated carbocycles. The van der Waals surface area contributed by atoms with Gasteiger partial charge in [0.1, 0.15) is 0 Å². The monoisotopic (exact) mass is 438 g/mol. The minimum absolute atomic E-state index is 0.0413. The average Bonchev–Trinajstić information content (AvgIpc) is 3.09. The Kier molecular flexibility index (Phi) is 4.10. The molecule has 0 radical (unpaired) electrons. The lowest BCUT2D eigenvalue weighted by atomic mass is 9.66. The number of hydrogen-bond donors (Lipinski definition) is 2. The van der Waals surface area contributed by atoms with Crippen molar-refractivity contribution < 1.29 is 36.8 Å². The van der Waals surface area contributed by atoms with E-state index in [0.29, 0.717) is 0 Å². The Morgan fingerprint density at radius 2 is 1.90 bits per heavy atom. The van der Waals surface area contributed by atoms with E-state index in [4.69, 9.17) is 9.26 Å². The first-order chi connectivity index (χ1) is 14.6. The van der Waals surface area contributed by atoms with Crippen molar-refractivity contribution in [1.82, 2.24) is 15.8 Å². The fourth-order valence-electron chi connectivity index (χ4n) is 5.12. The molecule has 1 aromatic heterocycles. The van der Waals surface area contributed by atoms with Crippen molar-refractivity contribution in [3.63, 3.8) is 0 Å². The number of hydrogen-bond acceptors (Lipinski definition) is 7. The van der Waals surface area contributed by atoms with Crippen LogP contribution in [0.2, 0.25) is 0 Å². The molecule has 2 fully saturated rings. The maximum absolute atomic E-state index is 15.5. The first-order valence-corrected chi connectivity index (χ1v) is 9.63. The van der Waals surface area contributed by atoms with E-state index in [9.17, 15) is 23.2 Å². The van der Waals surface area contributed by atoms with Gasteiger partial charge in [0.2, 0.25) is 17.4 Å². The van der Waals surface area contributed by atoms with Crippen LogP contribution in [0.1, 0.15) is 31.5 Å². The number of benzene rings is 1. The van der Waals surface area contributed by atoms with Crippen molar-refractivity contribution in [1.29, 1.82) is 0 Å². The van der Waals surface area contributed by atoms with Crippen molar-refractivity contribution in [3.05, 3.63) is 23.1 Å². The number of carbonyl (C=O) groups is 3. The zero-order valence-electron chi connectivity index (χ0n) is 16.4. The Labute approximate surface area is 172 Å². The van der Waals surface area contributed by atoms with Crippen LogP contribution in [0.4, 0.5) is 23.7 Å². The van der Waals surface area contributed by atoms with Gasteiger partial charge in [-0.2, -0.15) is 0 Å². The van der Waals surface area contributed by atoms with Crippen LogP contribution in [0.5, 0.6) is 0 Å². The molecule has 2 aromatic rings. The van der Waals surface area contributed by atoms with Crippen LogP contribution in [0.3, 0.4) is 0 Å². The standard InChI is InChI=1S/C19H17F3N4O5/c1-6-5-26-12-8(3-9-11(15(21)22)25-31-13(9)10(12)20)4-19(14(26)7(2)30-6)16(27)23-18(29)24-17(19)28/h3,6-7,14-15H,4-5H2,1-2H3,(H2,23,24,27,28,29)/t6-,7+,14-/m1/s1. The number of halogens is 3. The molecular weight excluding hydrogens is 421 g/mol. The number of ether oxygens (including phenoxy) is 1. The minimum Gasteiger partial charge on any atom is -0.372 e. The molecule has 1 spiro atoms. The minimum atomic E-state index is -3.01. The number of aromatic nitrogens is 1. The van der Waals surface area contributed by atoms with Gasteiger partial charge in [-0.05, 0) is 25.5 Å². The Morgan fingerprint density at radius 1 is 1.23 bits per heavy atom. The maximum atomic E-state index is 15.5. The molecule has 5 rings (SSSR count). The second-order valence-electron chi connectivity index (χ2n) is 8.08. The molecular formula is C19H17F3N4O5. The predicted molar refractivity (Wildman–Crippen MR) is 97.9 cm³/mol. The highest BCUT2D eigenvalue weighted by Gasteiger charge is 2.63. The number of barbiturate groups is 1. The van der Waals surface area contributed by atoms with Crippen LogP contribution >= 0.6 is 0 Å². The molecule has 164 valence electrons. The van der Waals surface area contributed by atoms with Gasteiger partial charge < -0.3 is 14.2 Å². The van der Waals surface area contributed by atoms with E-state index < -0.39 is 58.9 Å². The maximum Gasteiger partial charge on any atom is 0.328 e. The topological polar surface area (TPSA) is 114 Å². The first kappa shape index (κ1) is 19.8. The summed E-state index contributed by atoms with van der Waals surface area (Å²) in [7, 11) is 0. The number of carbonyl (C=O) groups excluding carboxylic acids is 3. The number of anilines is 1. The molecule has 4 amide bonds. The van der Waals surface area contributed by atoms with E-state index in [1.165, 1.54) is 11.0 Å². The Morgan fingerprint density at radius 3 is 2.55 bits per heavy atom. The van der Waals surface area contributed by atoms with Gasteiger partial charge >= 0.3 is 6.03 Å². The molecule has 1 aromatic carbocycles. The van der Waals surface area contributed by atoms with Gasteiger partial charge in [-0.1, -0.05) is 5.16 Å². The molecule has 3 aliphatic heterocycles. The van der Waals surface area contributed by atoms with Gasteiger partial charge in [-0.15, -0.1) is 0 Å². The highest BCUT2D eigenvalue weighted by molar-refractivity contribution is 6.20. The molecule has 3 atom stereocenters. The number of urea groups is 1. The highest BCUT2D eigenvalue weighted by Crippen LogP contribution is 2.49. The molecule has 12 heteroatoms. The van der Waals surface area contributed by atoms with Crippen LogP contribution in [0.15, 0.2) is 10.6 Å². The average molecular weight is 438 g/mol.